The minimum absolute atomic E-state index is 0.0593. The molecule has 7 nitrogen and oxygen atoms in total. The highest BCUT2D eigenvalue weighted by atomic mass is 32.2. The Labute approximate surface area is 83.7 Å². The Kier molecular flexibility index (Phi) is 1.85. The van der Waals surface area contributed by atoms with E-state index in [-0.39, 0.29) is 15.1 Å². The first-order valence-corrected chi connectivity index (χ1v) is 5.41. The second-order valence-corrected chi connectivity index (χ2v) is 4.54. The zero-order chi connectivity index (χ0) is 11.2. The van der Waals surface area contributed by atoms with Crippen molar-refractivity contribution in [1.29, 1.82) is 0 Å². The third-order valence-electron chi connectivity index (χ3n) is 1.97. The van der Waals surface area contributed by atoms with Crippen LogP contribution in [-0.2, 0) is 10.0 Å². The van der Waals surface area contributed by atoms with Gasteiger partial charge in [0.15, 0.2) is 0 Å². The molecule has 0 radical (unpaired) electrons. The fourth-order valence-corrected chi connectivity index (χ4v) is 1.79. The molecule has 1 aromatic carbocycles. The predicted octanol–water partition coefficient (Wildman–Crippen LogP) is -0.786. The van der Waals surface area contributed by atoms with Crippen LogP contribution in [0, 0.1) is 0 Å². The van der Waals surface area contributed by atoms with Gasteiger partial charge in [0.1, 0.15) is 0 Å². The van der Waals surface area contributed by atoms with E-state index in [0.717, 1.165) is 6.07 Å². The molecule has 0 aliphatic rings. The molecule has 0 atom stereocenters. The molecule has 0 unspecified atom stereocenters. The molecular formula is C7H7N3O4S. The van der Waals surface area contributed by atoms with Gasteiger partial charge in [0, 0.05) is 0 Å². The van der Waals surface area contributed by atoms with Gasteiger partial charge in [-0.25, -0.2) is 13.6 Å². The van der Waals surface area contributed by atoms with Crippen molar-refractivity contribution >= 4 is 20.9 Å². The fourth-order valence-electron chi connectivity index (χ4n) is 1.25. The summed E-state index contributed by atoms with van der Waals surface area (Å²) in [6.45, 7) is 0. The van der Waals surface area contributed by atoms with Crippen molar-refractivity contribution in [3.8, 4) is 0 Å². The topological polar surface area (TPSA) is 118 Å². The Morgan fingerprint density at radius 3 is 2.67 bits per heavy atom. The third kappa shape index (κ3) is 1.49. The van der Waals surface area contributed by atoms with Gasteiger partial charge >= 0.3 is 5.56 Å². The van der Waals surface area contributed by atoms with Crippen LogP contribution in [0.3, 0.4) is 0 Å². The van der Waals surface area contributed by atoms with Crippen LogP contribution in [0.2, 0.25) is 0 Å². The van der Waals surface area contributed by atoms with Crippen molar-refractivity contribution < 1.29 is 13.6 Å². The summed E-state index contributed by atoms with van der Waals surface area (Å²) >= 11 is 0. The van der Waals surface area contributed by atoms with Crippen LogP contribution in [0.15, 0.2) is 27.9 Å². The van der Waals surface area contributed by atoms with E-state index >= 15 is 0 Å². The van der Waals surface area contributed by atoms with Gasteiger partial charge in [0.25, 0.3) is 0 Å². The minimum atomic E-state index is -3.85. The second kappa shape index (κ2) is 2.84. The number of hydrogen-bond acceptors (Lipinski definition) is 4. The lowest BCUT2D eigenvalue weighted by Gasteiger charge is -1.95. The van der Waals surface area contributed by atoms with E-state index in [1.54, 1.807) is 0 Å². The maximum atomic E-state index is 11.3. The Bertz CT molecular complexity index is 682. The van der Waals surface area contributed by atoms with Crippen molar-refractivity contribution in [1.82, 2.24) is 9.94 Å². The van der Waals surface area contributed by atoms with Crippen molar-refractivity contribution in [2.75, 3.05) is 0 Å². The highest BCUT2D eigenvalue weighted by Crippen LogP contribution is 2.13. The third-order valence-corrected chi connectivity index (χ3v) is 2.88. The number of sulfonamides is 1. The standard InChI is InChI=1S/C7H7N3O4S/c8-15(13,14)4-1-2-6-5(3-4)7(11)10(12)9-6/h1-3,9,12H,(H2,8,13,14). The molecule has 2 rings (SSSR count). The van der Waals surface area contributed by atoms with Gasteiger partial charge < -0.3 is 5.21 Å². The van der Waals surface area contributed by atoms with Crippen LogP contribution in [0.1, 0.15) is 0 Å². The van der Waals surface area contributed by atoms with Crippen LogP contribution in [0.25, 0.3) is 10.9 Å². The van der Waals surface area contributed by atoms with E-state index < -0.39 is 15.6 Å². The maximum absolute atomic E-state index is 11.3. The monoisotopic (exact) mass is 229 g/mol. The van der Waals surface area contributed by atoms with E-state index in [1.807, 2.05) is 0 Å². The summed E-state index contributed by atoms with van der Waals surface area (Å²) in [5, 5.41) is 16.3. The number of nitrogens with one attached hydrogen (secondary N) is 1. The van der Waals surface area contributed by atoms with Gasteiger partial charge in [-0.3, -0.25) is 9.89 Å². The smallest absolute Gasteiger partial charge is 0.309 e. The van der Waals surface area contributed by atoms with Crippen molar-refractivity contribution in [3.05, 3.63) is 28.6 Å². The summed E-state index contributed by atoms with van der Waals surface area (Å²) in [7, 11) is -3.85. The Hall–Kier alpha value is -1.80. The van der Waals surface area contributed by atoms with Crippen LogP contribution in [-0.4, -0.2) is 23.6 Å². The summed E-state index contributed by atoms with van der Waals surface area (Å²) in [6, 6.07) is 3.70. The van der Waals surface area contributed by atoms with Gasteiger partial charge in [-0.15, -0.1) is 0 Å². The van der Waals surface area contributed by atoms with Gasteiger partial charge in [0.05, 0.1) is 15.8 Å². The number of benzene rings is 1. The predicted molar refractivity (Wildman–Crippen MR) is 51.1 cm³/mol. The number of aromatic amines is 1. The molecule has 0 amide bonds. The molecule has 15 heavy (non-hydrogen) atoms. The van der Waals surface area contributed by atoms with E-state index in [9.17, 15) is 13.2 Å². The van der Waals surface area contributed by atoms with Gasteiger partial charge in [-0.2, -0.15) is 0 Å². The lowest BCUT2D eigenvalue weighted by molar-refractivity contribution is 0.142. The molecule has 0 bridgehead atoms. The number of rotatable bonds is 1. The number of aromatic nitrogens is 2. The number of H-pyrrole nitrogens is 1. The first kappa shape index (κ1) is 9.74. The maximum Gasteiger partial charge on any atom is 0.309 e. The zero-order valence-corrected chi connectivity index (χ0v) is 8.15. The minimum Gasteiger partial charge on any atom is -0.410 e. The number of primary sulfonamides is 1. The summed E-state index contributed by atoms with van der Waals surface area (Å²) in [6.07, 6.45) is 0. The lowest BCUT2D eigenvalue weighted by atomic mass is 10.2. The number of nitrogens with two attached hydrogens (primary N) is 1. The molecule has 0 aliphatic heterocycles. The summed E-state index contributed by atoms with van der Waals surface area (Å²) in [5.41, 5.74) is -0.398. The number of fused-ring (bicyclic) bond motifs is 1. The molecular weight excluding hydrogens is 222 g/mol. The van der Waals surface area contributed by atoms with Gasteiger partial charge in [-0.1, -0.05) is 4.85 Å². The molecule has 80 valence electrons. The lowest BCUT2D eigenvalue weighted by Crippen LogP contribution is -2.14. The number of hydrogen-bond donors (Lipinski definition) is 3. The molecule has 0 fully saturated rings. The van der Waals surface area contributed by atoms with E-state index in [2.05, 4.69) is 5.10 Å². The Morgan fingerprint density at radius 2 is 2.07 bits per heavy atom. The average Bonchev–Trinajstić information content (AvgIpc) is 2.41. The molecule has 0 saturated heterocycles. The summed E-state index contributed by atoms with van der Waals surface area (Å²) < 4.78 is 22.0. The molecule has 1 heterocycles. The van der Waals surface area contributed by atoms with E-state index in [0.29, 0.717) is 5.52 Å². The van der Waals surface area contributed by atoms with Crippen molar-refractivity contribution in [2.45, 2.75) is 4.90 Å². The quantitative estimate of drug-likeness (QED) is 0.555. The van der Waals surface area contributed by atoms with Gasteiger partial charge in [0.2, 0.25) is 10.0 Å². The molecule has 0 aliphatic carbocycles. The SMILES string of the molecule is NS(=O)(=O)c1ccc2[nH]n(O)c(=O)c2c1. The van der Waals surface area contributed by atoms with Crippen LogP contribution < -0.4 is 10.7 Å². The zero-order valence-electron chi connectivity index (χ0n) is 7.34. The molecule has 4 N–H and O–H groups in total. The highest BCUT2D eigenvalue weighted by Gasteiger charge is 2.12. The van der Waals surface area contributed by atoms with Crippen molar-refractivity contribution in [3.63, 3.8) is 0 Å². The molecule has 8 heteroatoms. The first-order valence-electron chi connectivity index (χ1n) is 3.86. The summed E-state index contributed by atoms with van der Waals surface area (Å²) in [4.78, 5) is 11.4. The first-order chi connectivity index (χ1) is 6.89. The average molecular weight is 229 g/mol. The molecule has 1 aromatic heterocycles. The van der Waals surface area contributed by atoms with E-state index in [4.69, 9.17) is 10.3 Å². The van der Waals surface area contributed by atoms with Crippen molar-refractivity contribution in [2.24, 2.45) is 5.14 Å². The molecule has 0 spiro atoms. The Morgan fingerprint density at radius 1 is 1.40 bits per heavy atom. The van der Waals surface area contributed by atoms with Crippen LogP contribution in [0.4, 0.5) is 0 Å². The molecule has 0 saturated carbocycles. The second-order valence-electron chi connectivity index (χ2n) is 2.98. The largest absolute Gasteiger partial charge is 0.410 e. The molecule has 2 aromatic rings. The Balaban J connectivity index is 2.87. The normalized spacial score (nSPS) is 12.1. The highest BCUT2D eigenvalue weighted by molar-refractivity contribution is 7.89. The van der Waals surface area contributed by atoms with E-state index in [1.165, 1.54) is 12.1 Å². The van der Waals surface area contributed by atoms with Gasteiger partial charge in [-0.05, 0) is 18.2 Å². The van der Waals surface area contributed by atoms with Crippen LogP contribution in [0.5, 0.6) is 0 Å². The number of nitrogens with zero attached hydrogens (tertiary/aromatic N) is 1. The fraction of sp³-hybridized carbons (Fsp3) is 0. The van der Waals surface area contributed by atoms with Crippen LogP contribution >= 0.6 is 0 Å². The summed E-state index contributed by atoms with van der Waals surface area (Å²) in [5.74, 6) is 0.